The molecule has 0 bridgehead atoms. The smallest absolute Gasteiger partial charge is 0.198 e. The summed E-state index contributed by atoms with van der Waals surface area (Å²) >= 11 is 6.62. The van der Waals surface area contributed by atoms with Crippen molar-refractivity contribution in [3.8, 4) is 11.6 Å². The molecule has 0 radical (unpaired) electrons. The highest BCUT2D eigenvalue weighted by atomic mass is 79.9. The maximum Gasteiger partial charge on any atom is 0.198 e. The second-order valence-electron chi connectivity index (χ2n) is 3.30. The summed E-state index contributed by atoms with van der Waals surface area (Å²) in [6, 6.07) is 3.61. The van der Waals surface area contributed by atoms with E-state index in [0.29, 0.717) is 22.1 Å². The molecule has 2 heterocycles. The van der Waals surface area contributed by atoms with Gasteiger partial charge in [-0.1, -0.05) is 6.92 Å². The van der Waals surface area contributed by atoms with Crippen LogP contribution in [0.2, 0.25) is 0 Å². The highest BCUT2D eigenvalue weighted by Gasteiger charge is 2.12. The minimum atomic E-state index is 0.503. The van der Waals surface area contributed by atoms with Crippen LogP contribution >= 0.6 is 31.9 Å². The number of hydrogen-bond donors (Lipinski definition) is 2. The number of anilines is 1. The van der Waals surface area contributed by atoms with E-state index in [-0.39, 0.29) is 0 Å². The lowest BCUT2D eigenvalue weighted by molar-refractivity contribution is 0.549. The average Bonchev–Trinajstić information content (AvgIpc) is 2.69. The highest BCUT2D eigenvalue weighted by molar-refractivity contribution is 9.13. The van der Waals surface area contributed by atoms with Crippen molar-refractivity contribution in [2.24, 2.45) is 5.84 Å². The monoisotopic (exact) mass is 360 g/mol. The molecule has 17 heavy (non-hydrogen) atoms. The Kier molecular flexibility index (Phi) is 3.80. The van der Waals surface area contributed by atoms with Crippen molar-refractivity contribution >= 4 is 37.7 Å². The molecular formula is C10H10Br2N4O. The van der Waals surface area contributed by atoms with Crippen molar-refractivity contribution in [2.75, 3.05) is 5.43 Å². The van der Waals surface area contributed by atoms with E-state index >= 15 is 0 Å². The highest BCUT2D eigenvalue weighted by Crippen LogP contribution is 2.31. The normalized spacial score (nSPS) is 10.6. The number of nitrogens with one attached hydrogen (secondary N) is 1. The van der Waals surface area contributed by atoms with Crippen LogP contribution in [-0.2, 0) is 6.42 Å². The number of rotatable bonds is 3. The van der Waals surface area contributed by atoms with Crippen LogP contribution in [-0.4, -0.2) is 9.97 Å². The summed E-state index contributed by atoms with van der Waals surface area (Å²) < 4.78 is 6.91. The molecule has 0 aliphatic rings. The summed E-state index contributed by atoms with van der Waals surface area (Å²) in [6.45, 7) is 2.01. The third-order valence-electron chi connectivity index (χ3n) is 2.15. The van der Waals surface area contributed by atoms with E-state index in [1.165, 1.54) is 0 Å². The van der Waals surface area contributed by atoms with Gasteiger partial charge < -0.3 is 9.84 Å². The molecule has 2 aromatic rings. The lowest BCUT2D eigenvalue weighted by atomic mass is 10.3. The van der Waals surface area contributed by atoms with Crippen LogP contribution in [0.1, 0.15) is 12.6 Å². The molecule has 0 aliphatic carbocycles. The zero-order chi connectivity index (χ0) is 12.4. The first kappa shape index (κ1) is 12.5. The molecule has 3 N–H and O–H groups in total. The van der Waals surface area contributed by atoms with E-state index in [0.717, 1.165) is 16.6 Å². The van der Waals surface area contributed by atoms with E-state index in [1.807, 2.05) is 6.92 Å². The van der Waals surface area contributed by atoms with Gasteiger partial charge in [-0.2, -0.15) is 0 Å². The number of hydrogen-bond acceptors (Lipinski definition) is 5. The summed E-state index contributed by atoms with van der Waals surface area (Å²) in [6.07, 6.45) is 0.799. The molecule has 0 saturated heterocycles. The van der Waals surface area contributed by atoms with Crippen LogP contribution < -0.4 is 11.3 Å². The van der Waals surface area contributed by atoms with Gasteiger partial charge in [0.15, 0.2) is 16.3 Å². The van der Waals surface area contributed by atoms with Gasteiger partial charge in [-0.05, 0) is 38.3 Å². The Balaban J connectivity index is 2.50. The molecule has 5 nitrogen and oxygen atoms in total. The van der Waals surface area contributed by atoms with Crippen molar-refractivity contribution in [3.05, 3.63) is 27.0 Å². The molecule has 0 atom stereocenters. The van der Waals surface area contributed by atoms with Crippen LogP contribution in [0, 0.1) is 0 Å². The zero-order valence-corrected chi connectivity index (χ0v) is 12.2. The molecular weight excluding hydrogens is 352 g/mol. The molecule has 0 saturated carbocycles. The summed E-state index contributed by atoms with van der Waals surface area (Å²) in [7, 11) is 0. The Bertz CT molecular complexity index is 499. The van der Waals surface area contributed by atoms with Crippen LogP contribution in [0.15, 0.2) is 25.7 Å². The van der Waals surface area contributed by atoms with Crippen LogP contribution in [0.3, 0.4) is 0 Å². The van der Waals surface area contributed by atoms with Crippen molar-refractivity contribution < 1.29 is 4.42 Å². The largest absolute Gasteiger partial charge is 0.445 e. The molecule has 7 heteroatoms. The van der Waals surface area contributed by atoms with Gasteiger partial charge in [0.05, 0.1) is 4.47 Å². The Labute approximate surface area is 115 Å². The fourth-order valence-corrected chi connectivity index (χ4v) is 1.90. The number of nitrogens with zero attached hydrogens (tertiary/aromatic N) is 2. The lowest BCUT2D eigenvalue weighted by Gasteiger charge is -2.04. The summed E-state index contributed by atoms with van der Waals surface area (Å²) in [5, 5.41) is 0. The Morgan fingerprint density at radius 3 is 2.65 bits per heavy atom. The van der Waals surface area contributed by atoms with Gasteiger partial charge in [0.2, 0.25) is 0 Å². The molecule has 0 amide bonds. The number of aromatic nitrogens is 2. The van der Waals surface area contributed by atoms with E-state index in [1.54, 1.807) is 12.1 Å². The maximum absolute atomic E-state index is 5.48. The molecule has 90 valence electrons. The van der Waals surface area contributed by atoms with Gasteiger partial charge in [0.25, 0.3) is 0 Å². The first-order valence-corrected chi connectivity index (χ1v) is 6.52. The predicted octanol–water partition coefficient (Wildman–Crippen LogP) is 3.11. The van der Waals surface area contributed by atoms with E-state index < -0.39 is 0 Å². The maximum atomic E-state index is 5.48. The second kappa shape index (κ2) is 5.16. The Morgan fingerprint density at radius 1 is 1.35 bits per heavy atom. The third-order valence-corrected chi connectivity index (χ3v) is 3.87. The fourth-order valence-electron chi connectivity index (χ4n) is 1.32. The van der Waals surface area contributed by atoms with Gasteiger partial charge in [0.1, 0.15) is 5.82 Å². The quantitative estimate of drug-likeness (QED) is 0.648. The summed E-state index contributed by atoms with van der Waals surface area (Å²) in [5.74, 6) is 7.01. The third kappa shape index (κ3) is 2.67. The minimum absolute atomic E-state index is 0.503. The summed E-state index contributed by atoms with van der Waals surface area (Å²) in [4.78, 5) is 8.62. The predicted molar refractivity (Wildman–Crippen MR) is 72.3 cm³/mol. The number of halogens is 2. The van der Waals surface area contributed by atoms with Crippen molar-refractivity contribution in [1.29, 1.82) is 0 Å². The SMILES string of the molecule is CCc1cc(NN)nc(-c2cc(Br)c(Br)o2)n1. The molecule has 0 aliphatic heterocycles. The number of aryl methyl sites for hydroxylation is 1. The second-order valence-corrected chi connectivity index (χ2v) is 4.87. The number of nitrogens with two attached hydrogens (primary N) is 1. The number of nitrogen functional groups attached to an aromatic ring is 1. The topological polar surface area (TPSA) is 77.0 Å². The summed E-state index contributed by atoms with van der Waals surface area (Å²) in [5.41, 5.74) is 3.41. The van der Waals surface area contributed by atoms with Crippen LogP contribution in [0.4, 0.5) is 5.82 Å². The molecule has 0 spiro atoms. The standard InChI is InChI=1S/C10H10Br2N4O/c1-2-5-3-8(16-13)15-10(14-5)7-4-6(11)9(12)17-7/h3-4H,2,13H2,1H3,(H,14,15,16). The molecule has 0 aromatic carbocycles. The van der Waals surface area contributed by atoms with Crippen LogP contribution in [0.25, 0.3) is 11.6 Å². The first-order valence-electron chi connectivity index (χ1n) is 4.93. The average molecular weight is 362 g/mol. The van der Waals surface area contributed by atoms with Gasteiger partial charge >= 0.3 is 0 Å². The zero-order valence-electron chi connectivity index (χ0n) is 9.00. The molecule has 0 unspecified atom stereocenters. The van der Waals surface area contributed by atoms with Gasteiger partial charge in [-0.15, -0.1) is 0 Å². The van der Waals surface area contributed by atoms with Crippen molar-refractivity contribution in [2.45, 2.75) is 13.3 Å². The fraction of sp³-hybridized carbons (Fsp3) is 0.200. The van der Waals surface area contributed by atoms with Crippen LogP contribution in [0.5, 0.6) is 0 Å². The van der Waals surface area contributed by atoms with Gasteiger partial charge in [-0.3, -0.25) is 0 Å². The van der Waals surface area contributed by atoms with E-state index in [4.69, 9.17) is 10.3 Å². The Hall–Kier alpha value is -0.920. The Morgan fingerprint density at radius 2 is 2.12 bits per heavy atom. The first-order chi connectivity index (χ1) is 8.13. The molecule has 2 rings (SSSR count). The lowest BCUT2D eigenvalue weighted by Crippen LogP contribution is -2.10. The van der Waals surface area contributed by atoms with E-state index in [2.05, 4.69) is 47.3 Å². The molecule has 0 fully saturated rings. The van der Waals surface area contributed by atoms with Gasteiger partial charge in [0, 0.05) is 17.8 Å². The number of hydrazine groups is 1. The van der Waals surface area contributed by atoms with Crippen molar-refractivity contribution in [1.82, 2.24) is 9.97 Å². The number of furan rings is 1. The van der Waals surface area contributed by atoms with E-state index in [9.17, 15) is 0 Å². The van der Waals surface area contributed by atoms with Gasteiger partial charge in [-0.25, -0.2) is 15.8 Å². The van der Waals surface area contributed by atoms with Crippen molar-refractivity contribution in [3.63, 3.8) is 0 Å². The minimum Gasteiger partial charge on any atom is -0.445 e. The molecule has 2 aromatic heterocycles.